The van der Waals surface area contributed by atoms with E-state index in [1.54, 1.807) is 6.07 Å². The lowest BCUT2D eigenvalue weighted by Gasteiger charge is -2.28. The summed E-state index contributed by atoms with van der Waals surface area (Å²) in [5, 5.41) is 30.6. The van der Waals surface area contributed by atoms with Gasteiger partial charge in [0.2, 0.25) is 0 Å². The van der Waals surface area contributed by atoms with Crippen LogP contribution in [-0.2, 0) is 6.42 Å². The molecule has 1 aliphatic heterocycles. The van der Waals surface area contributed by atoms with E-state index in [1.165, 1.54) is 30.9 Å². The van der Waals surface area contributed by atoms with Crippen molar-refractivity contribution in [1.82, 2.24) is 0 Å². The highest BCUT2D eigenvalue weighted by molar-refractivity contribution is 6.07. The third-order valence-electron chi connectivity index (χ3n) is 5.64. The third-order valence-corrected chi connectivity index (χ3v) is 5.64. The number of ether oxygens (including phenoxy) is 2. The molecule has 0 bridgehead atoms. The van der Waals surface area contributed by atoms with E-state index in [0.717, 1.165) is 18.4 Å². The number of phenolic OH excluding ortho intramolecular Hbond substituents is 3. The van der Waals surface area contributed by atoms with Gasteiger partial charge >= 0.3 is 0 Å². The van der Waals surface area contributed by atoms with Crippen LogP contribution in [0.1, 0.15) is 61.0 Å². The van der Waals surface area contributed by atoms with E-state index < -0.39 is 5.92 Å². The zero-order valence-electron chi connectivity index (χ0n) is 18.9. The molecule has 0 saturated heterocycles. The van der Waals surface area contributed by atoms with Crippen molar-refractivity contribution >= 4 is 5.78 Å². The lowest BCUT2D eigenvalue weighted by molar-refractivity contribution is 0.0888. The van der Waals surface area contributed by atoms with Gasteiger partial charge in [-0.1, -0.05) is 29.4 Å². The topological polar surface area (TPSA) is 96.2 Å². The van der Waals surface area contributed by atoms with E-state index in [4.69, 9.17) is 9.47 Å². The normalized spacial score (nSPS) is 15.7. The smallest absolute Gasteiger partial charge is 0.181 e. The second-order valence-corrected chi connectivity index (χ2v) is 8.33. The second-order valence-electron chi connectivity index (χ2n) is 8.33. The number of carbonyl (C=O) groups excluding carboxylic acids is 1. The standard InChI is InChI=1S/C26H30O6/c1-15(2)6-5-7-16(3)8-10-19-21(28)13-22(29)24-25(30)20(14-32-26(19)24)18-11-9-17(27)12-23(18)31-4/h6,8-9,11-13,20,27-29H,5,7,10,14H2,1-4H3. The van der Waals surface area contributed by atoms with Crippen LogP contribution < -0.4 is 9.47 Å². The SMILES string of the molecule is COc1cc(O)ccc1C1COc2c(CC=C(C)CCC=C(C)C)c(O)cc(O)c2C1=O. The van der Waals surface area contributed by atoms with Crippen LogP contribution in [0.4, 0.5) is 0 Å². The summed E-state index contributed by atoms with van der Waals surface area (Å²) in [5.74, 6) is -0.849. The van der Waals surface area contributed by atoms with E-state index in [9.17, 15) is 20.1 Å². The predicted octanol–water partition coefficient (Wildman–Crippen LogP) is 5.41. The van der Waals surface area contributed by atoms with Crippen LogP contribution in [0.5, 0.6) is 28.7 Å². The van der Waals surface area contributed by atoms with E-state index in [-0.39, 0.29) is 41.0 Å². The molecule has 0 aliphatic carbocycles. The molecule has 0 fully saturated rings. The Kier molecular flexibility index (Phi) is 7.13. The minimum Gasteiger partial charge on any atom is -0.508 e. The quantitative estimate of drug-likeness (QED) is 0.501. The molecule has 1 aliphatic rings. The first-order valence-electron chi connectivity index (χ1n) is 10.6. The highest BCUT2D eigenvalue weighted by atomic mass is 16.5. The Morgan fingerprint density at radius 1 is 1.12 bits per heavy atom. The molecule has 3 rings (SSSR count). The number of carbonyl (C=O) groups is 1. The molecule has 0 saturated carbocycles. The molecule has 6 nitrogen and oxygen atoms in total. The molecule has 2 aromatic carbocycles. The van der Waals surface area contributed by atoms with Crippen molar-refractivity contribution in [2.24, 2.45) is 0 Å². The average Bonchev–Trinajstić information content (AvgIpc) is 2.73. The number of hydrogen-bond acceptors (Lipinski definition) is 6. The number of phenols is 3. The van der Waals surface area contributed by atoms with Crippen molar-refractivity contribution in [3.63, 3.8) is 0 Å². The number of benzene rings is 2. The molecule has 1 unspecified atom stereocenters. The molecule has 6 heteroatoms. The van der Waals surface area contributed by atoms with Gasteiger partial charge in [0.15, 0.2) is 5.78 Å². The van der Waals surface area contributed by atoms with Gasteiger partial charge in [0.1, 0.15) is 40.9 Å². The third kappa shape index (κ3) is 4.90. The molecule has 1 atom stereocenters. The lowest BCUT2D eigenvalue weighted by atomic mass is 9.86. The first-order chi connectivity index (χ1) is 15.2. The Morgan fingerprint density at radius 3 is 2.56 bits per heavy atom. The van der Waals surface area contributed by atoms with Crippen LogP contribution >= 0.6 is 0 Å². The Labute approximate surface area is 188 Å². The lowest BCUT2D eigenvalue weighted by Crippen LogP contribution is -2.27. The van der Waals surface area contributed by atoms with Gasteiger partial charge < -0.3 is 24.8 Å². The van der Waals surface area contributed by atoms with Crippen molar-refractivity contribution in [2.75, 3.05) is 13.7 Å². The molecule has 0 radical (unpaired) electrons. The first-order valence-corrected chi connectivity index (χ1v) is 10.6. The van der Waals surface area contributed by atoms with Crippen molar-refractivity contribution < 1.29 is 29.6 Å². The summed E-state index contributed by atoms with van der Waals surface area (Å²) < 4.78 is 11.2. The van der Waals surface area contributed by atoms with Crippen LogP contribution in [0.3, 0.4) is 0 Å². The van der Waals surface area contributed by atoms with Crippen LogP contribution in [0.2, 0.25) is 0 Å². The summed E-state index contributed by atoms with van der Waals surface area (Å²) in [5.41, 5.74) is 3.53. The Bertz CT molecular complexity index is 1080. The van der Waals surface area contributed by atoms with Gasteiger partial charge in [-0.2, -0.15) is 0 Å². The van der Waals surface area contributed by atoms with Gasteiger partial charge in [0.05, 0.1) is 13.0 Å². The van der Waals surface area contributed by atoms with Crippen LogP contribution in [0.15, 0.2) is 47.6 Å². The molecule has 0 aromatic heterocycles. The van der Waals surface area contributed by atoms with Gasteiger partial charge in [0.25, 0.3) is 0 Å². The molecular formula is C26H30O6. The maximum atomic E-state index is 13.3. The summed E-state index contributed by atoms with van der Waals surface area (Å²) >= 11 is 0. The van der Waals surface area contributed by atoms with Crippen LogP contribution in [0.25, 0.3) is 0 Å². The minimum absolute atomic E-state index is 0.0250. The van der Waals surface area contributed by atoms with Crippen molar-refractivity contribution in [3.05, 3.63) is 64.3 Å². The molecule has 3 N–H and O–H groups in total. The maximum Gasteiger partial charge on any atom is 0.181 e. The van der Waals surface area contributed by atoms with Gasteiger partial charge in [-0.15, -0.1) is 0 Å². The molecule has 2 aromatic rings. The van der Waals surface area contributed by atoms with E-state index in [0.29, 0.717) is 23.3 Å². The van der Waals surface area contributed by atoms with Crippen LogP contribution in [0, 0.1) is 0 Å². The summed E-state index contributed by atoms with van der Waals surface area (Å²) in [7, 11) is 1.46. The fourth-order valence-corrected chi connectivity index (χ4v) is 3.87. The van der Waals surface area contributed by atoms with Crippen molar-refractivity contribution in [1.29, 1.82) is 0 Å². The monoisotopic (exact) mass is 438 g/mol. The number of methoxy groups -OCH3 is 1. The molecule has 32 heavy (non-hydrogen) atoms. The molecule has 0 spiro atoms. The zero-order chi connectivity index (χ0) is 23.4. The van der Waals surface area contributed by atoms with E-state index in [1.807, 2.05) is 13.0 Å². The number of ketones is 1. The molecule has 1 heterocycles. The Balaban J connectivity index is 1.92. The fraction of sp³-hybridized carbons (Fsp3) is 0.346. The Hall–Kier alpha value is -3.41. The summed E-state index contributed by atoms with van der Waals surface area (Å²) in [6.07, 6.45) is 6.41. The predicted molar refractivity (Wildman–Crippen MR) is 123 cm³/mol. The molecule has 170 valence electrons. The summed E-state index contributed by atoms with van der Waals surface area (Å²) in [6, 6.07) is 5.72. The molecular weight excluding hydrogens is 408 g/mol. The number of aromatic hydroxyl groups is 3. The highest BCUT2D eigenvalue weighted by Gasteiger charge is 2.36. The summed E-state index contributed by atoms with van der Waals surface area (Å²) in [6.45, 7) is 6.19. The number of hydrogen-bond donors (Lipinski definition) is 3. The zero-order valence-corrected chi connectivity index (χ0v) is 18.9. The number of allylic oxidation sites excluding steroid dienone is 4. The van der Waals surface area contributed by atoms with Gasteiger partial charge in [0, 0.05) is 23.3 Å². The largest absolute Gasteiger partial charge is 0.508 e. The summed E-state index contributed by atoms with van der Waals surface area (Å²) in [4.78, 5) is 13.3. The van der Waals surface area contributed by atoms with E-state index >= 15 is 0 Å². The fourth-order valence-electron chi connectivity index (χ4n) is 3.87. The number of Topliss-reactive ketones (excluding diaryl/α,β-unsaturated/α-hetero) is 1. The molecule has 0 amide bonds. The van der Waals surface area contributed by atoms with Gasteiger partial charge in [-0.05, 0) is 46.1 Å². The first kappa shape index (κ1) is 23.3. The average molecular weight is 439 g/mol. The van der Waals surface area contributed by atoms with Crippen molar-refractivity contribution in [2.45, 2.75) is 46.0 Å². The van der Waals surface area contributed by atoms with Gasteiger partial charge in [-0.3, -0.25) is 4.79 Å². The number of fused-ring (bicyclic) bond motifs is 1. The van der Waals surface area contributed by atoms with Crippen LogP contribution in [-0.4, -0.2) is 34.8 Å². The van der Waals surface area contributed by atoms with Crippen molar-refractivity contribution in [3.8, 4) is 28.7 Å². The maximum absolute atomic E-state index is 13.3. The van der Waals surface area contributed by atoms with Gasteiger partial charge in [-0.25, -0.2) is 0 Å². The number of rotatable bonds is 7. The highest BCUT2D eigenvalue weighted by Crippen LogP contribution is 2.45. The second kappa shape index (κ2) is 9.81. The Morgan fingerprint density at radius 2 is 1.88 bits per heavy atom. The van der Waals surface area contributed by atoms with E-state index in [2.05, 4.69) is 19.9 Å². The minimum atomic E-state index is -0.706.